The monoisotopic (exact) mass is 345 g/mol. The van der Waals surface area contributed by atoms with Gasteiger partial charge in [0.05, 0.1) is 6.61 Å². The summed E-state index contributed by atoms with van der Waals surface area (Å²) in [6.07, 6.45) is 3.49. The first-order valence-electron chi connectivity index (χ1n) is 9.45. The summed E-state index contributed by atoms with van der Waals surface area (Å²) in [4.78, 5) is 18.4. The number of nitrogens with one attached hydrogen (secondary N) is 1. The van der Waals surface area contributed by atoms with Crippen LogP contribution in [0.25, 0.3) is 0 Å². The Kier molecular flexibility index (Phi) is 8.29. The quantitative estimate of drug-likeness (QED) is 0.341. The number of benzene rings is 1. The fraction of sp³-hybridized carbons (Fsp3) is 0.600. The van der Waals surface area contributed by atoms with Crippen molar-refractivity contribution in [1.29, 1.82) is 0 Å². The van der Waals surface area contributed by atoms with E-state index in [1.807, 2.05) is 6.92 Å². The van der Waals surface area contributed by atoms with Gasteiger partial charge < -0.3 is 15.0 Å². The SMILES string of the molecule is CCNC(=NCCCC(=O)OCC)N1CCC(Cc2ccccc2)C1. The second-order valence-corrected chi connectivity index (χ2v) is 6.43. The van der Waals surface area contributed by atoms with E-state index >= 15 is 0 Å². The number of carbonyl (C=O) groups excluding carboxylic acids is 1. The summed E-state index contributed by atoms with van der Waals surface area (Å²) in [6.45, 7) is 7.96. The summed E-state index contributed by atoms with van der Waals surface area (Å²) in [5, 5.41) is 3.38. The fourth-order valence-corrected chi connectivity index (χ4v) is 3.21. The van der Waals surface area contributed by atoms with Crippen LogP contribution < -0.4 is 5.32 Å². The van der Waals surface area contributed by atoms with E-state index in [0.717, 1.165) is 38.4 Å². The van der Waals surface area contributed by atoms with Crippen molar-refractivity contribution in [3.8, 4) is 0 Å². The van der Waals surface area contributed by atoms with Gasteiger partial charge in [-0.2, -0.15) is 0 Å². The Morgan fingerprint density at radius 1 is 1.32 bits per heavy atom. The molecule has 5 heteroatoms. The average molecular weight is 345 g/mol. The average Bonchev–Trinajstić information content (AvgIpc) is 3.07. The highest BCUT2D eigenvalue weighted by Gasteiger charge is 2.24. The molecule has 0 spiro atoms. The number of rotatable bonds is 8. The van der Waals surface area contributed by atoms with Crippen LogP contribution in [-0.2, 0) is 16.0 Å². The number of esters is 1. The summed E-state index contributed by atoms with van der Waals surface area (Å²) in [7, 11) is 0. The first-order valence-corrected chi connectivity index (χ1v) is 9.45. The van der Waals surface area contributed by atoms with Crippen LogP contribution in [0.1, 0.15) is 38.7 Å². The van der Waals surface area contributed by atoms with Gasteiger partial charge in [-0.15, -0.1) is 0 Å². The minimum absolute atomic E-state index is 0.133. The Hall–Kier alpha value is -2.04. The highest BCUT2D eigenvalue weighted by Crippen LogP contribution is 2.20. The predicted octanol–water partition coefficient (Wildman–Crippen LogP) is 2.86. The van der Waals surface area contributed by atoms with Gasteiger partial charge in [0.25, 0.3) is 0 Å². The summed E-state index contributed by atoms with van der Waals surface area (Å²) < 4.78 is 4.95. The topological polar surface area (TPSA) is 53.9 Å². The molecule has 1 aromatic carbocycles. The number of carbonyl (C=O) groups is 1. The Labute approximate surface area is 151 Å². The summed E-state index contributed by atoms with van der Waals surface area (Å²) >= 11 is 0. The molecule has 1 aliphatic heterocycles. The number of hydrogen-bond donors (Lipinski definition) is 1. The van der Waals surface area contributed by atoms with Crippen LogP contribution in [0.5, 0.6) is 0 Å². The lowest BCUT2D eigenvalue weighted by atomic mass is 9.99. The number of likely N-dealkylation sites (tertiary alicyclic amines) is 1. The maximum Gasteiger partial charge on any atom is 0.305 e. The number of nitrogens with zero attached hydrogens (tertiary/aromatic N) is 2. The van der Waals surface area contributed by atoms with Crippen LogP contribution in [-0.4, -0.2) is 49.6 Å². The number of aliphatic imine (C=N–C) groups is 1. The van der Waals surface area contributed by atoms with Crippen molar-refractivity contribution in [2.24, 2.45) is 10.9 Å². The van der Waals surface area contributed by atoms with E-state index in [1.165, 1.54) is 12.0 Å². The van der Waals surface area contributed by atoms with Gasteiger partial charge in [-0.1, -0.05) is 30.3 Å². The van der Waals surface area contributed by atoms with Gasteiger partial charge in [0.2, 0.25) is 0 Å². The zero-order chi connectivity index (χ0) is 17.9. The first kappa shape index (κ1) is 19.3. The zero-order valence-corrected chi connectivity index (χ0v) is 15.5. The lowest BCUT2D eigenvalue weighted by Crippen LogP contribution is -2.40. The third kappa shape index (κ3) is 6.77. The van der Waals surface area contributed by atoms with Gasteiger partial charge in [-0.3, -0.25) is 9.79 Å². The normalized spacial score (nSPS) is 17.6. The van der Waals surface area contributed by atoms with Crippen LogP contribution in [0.2, 0.25) is 0 Å². The van der Waals surface area contributed by atoms with Crippen molar-refractivity contribution in [2.45, 2.75) is 39.5 Å². The van der Waals surface area contributed by atoms with Crippen molar-refractivity contribution in [2.75, 3.05) is 32.8 Å². The van der Waals surface area contributed by atoms with Crippen molar-refractivity contribution in [1.82, 2.24) is 10.2 Å². The van der Waals surface area contributed by atoms with Crippen molar-refractivity contribution < 1.29 is 9.53 Å². The van der Waals surface area contributed by atoms with Gasteiger partial charge in [-0.25, -0.2) is 0 Å². The molecule has 0 saturated carbocycles. The summed E-state index contributed by atoms with van der Waals surface area (Å²) in [5.74, 6) is 1.51. The molecule has 0 bridgehead atoms. The Morgan fingerprint density at radius 2 is 2.12 bits per heavy atom. The molecule has 1 aromatic rings. The number of hydrogen-bond acceptors (Lipinski definition) is 3. The molecule has 138 valence electrons. The van der Waals surface area contributed by atoms with Gasteiger partial charge in [0.1, 0.15) is 0 Å². The van der Waals surface area contributed by atoms with Gasteiger partial charge >= 0.3 is 5.97 Å². The van der Waals surface area contributed by atoms with Crippen molar-refractivity contribution in [3.63, 3.8) is 0 Å². The summed E-state index contributed by atoms with van der Waals surface area (Å²) in [5.41, 5.74) is 1.41. The van der Waals surface area contributed by atoms with E-state index in [4.69, 9.17) is 9.73 Å². The second-order valence-electron chi connectivity index (χ2n) is 6.43. The maximum atomic E-state index is 11.4. The largest absolute Gasteiger partial charge is 0.466 e. The van der Waals surface area contributed by atoms with E-state index < -0.39 is 0 Å². The van der Waals surface area contributed by atoms with Gasteiger partial charge in [-0.05, 0) is 44.6 Å². The first-order chi connectivity index (χ1) is 12.2. The maximum absolute atomic E-state index is 11.4. The molecule has 0 aliphatic carbocycles. The van der Waals surface area contributed by atoms with Crippen LogP contribution in [0.15, 0.2) is 35.3 Å². The molecule has 1 N–H and O–H groups in total. The minimum Gasteiger partial charge on any atom is -0.466 e. The molecule has 1 saturated heterocycles. The molecule has 1 fully saturated rings. The lowest BCUT2D eigenvalue weighted by Gasteiger charge is -2.21. The van der Waals surface area contributed by atoms with Crippen LogP contribution >= 0.6 is 0 Å². The van der Waals surface area contributed by atoms with Gasteiger partial charge in [0, 0.05) is 32.6 Å². The molecule has 5 nitrogen and oxygen atoms in total. The van der Waals surface area contributed by atoms with Crippen LogP contribution in [0, 0.1) is 5.92 Å². The molecule has 0 radical (unpaired) electrons. The Bertz CT molecular complexity index is 545. The van der Waals surface area contributed by atoms with Gasteiger partial charge in [0.15, 0.2) is 5.96 Å². The minimum atomic E-state index is -0.133. The van der Waals surface area contributed by atoms with Crippen LogP contribution in [0.3, 0.4) is 0 Å². The number of guanidine groups is 1. The highest BCUT2D eigenvalue weighted by molar-refractivity contribution is 5.80. The molecular weight excluding hydrogens is 314 g/mol. The smallest absolute Gasteiger partial charge is 0.305 e. The lowest BCUT2D eigenvalue weighted by molar-refractivity contribution is -0.143. The molecule has 1 unspecified atom stereocenters. The third-order valence-electron chi connectivity index (χ3n) is 4.39. The van der Waals surface area contributed by atoms with E-state index in [9.17, 15) is 4.79 Å². The summed E-state index contributed by atoms with van der Waals surface area (Å²) in [6, 6.07) is 10.7. The standard InChI is InChI=1S/C20H31N3O2/c1-3-21-20(22-13-8-11-19(24)25-4-2)23-14-12-18(16-23)15-17-9-6-5-7-10-17/h5-7,9-10,18H,3-4,8,11-16H2,1-2H3,(H,21,22). The van der Waals surface area contributed by atoms with Crippen molar-refractivity contribution in [3.05, 3.63) is 35.9 Å². The Balaban J connectivity index is 1.81. The van der Waals surface area contributed by atoms with Crippen molar-refractivity contribution >= 4 is 11.9 Å². The number of ether oxygens (including phenoxy) is 1. The second kappa shape index (κ2) is 10.7. The third-order valence-corrected chi connectivity index (χ3v) is 4.39. The molecule has 0 amide bonds. The van der Waals surface area contributed by atoms with Crippen LogP contribution in [0.4, 0.5) is 0 Å². The fourth-order valence-electron chi connectivity index (χ4n) is 3.21. The Morgan fingerprint density at radius 3 is 2.84 bits per heavy atom. The molecule has 1 aliphatic rings. The zero-order valence-electron chi connectivity index (χ0n) is 15.5. The predicted molar refractivity (Wildman–Crippen MR) is 102 cm³/mol. The highest BCUT2D eigenvalue weighted by atomic mass is 16.5. The van der Waals surface area contributed by atoms with E-state index in [0.29, 0.717) is 25.5 Å². The molecular formula is C20H31N3O2. The molecule has 25 heavy (non-hydrogen) atoms. The molecule has 2 rings (SSSR count). The van der Waals surface area contributed by atoms with E-state index in [1.54, 1.807) is 0 Å². The molecule has 0 aromatic heterocycles. The van der Waals surface area contributed by atoms with E-state index in [-0.39, 0.29) is 5.97 Å². The molecule has 1 atom stereocenters. The molecule has 1 heterocycles. The van der Waals surface area contributed by atoms with E-state index in [2.05, 4.69) is 47.5 Å².